The molecule has 2 aromatic rings. The van der Waals surface area contributed by atoms with Crippen molar-refractivity contribution < 1.29 is 18.8 Å². The van der Waals surface area contributed by atoms with Crippen LogP contribution in [0.3, 0.4) is 0 Å². The number of carbonyl (C=O) groups excluding carboxylic acids is 2. The first kappa shape index (κ1) is 30.0. The first-order chi connectivity index (χ1) is 17.4. The summed E-state index contributed by atoms with van der Waals surface area (Å²) in [7, 11) is -0.608. The Morgan fingerprint density at radius 3 is 2.59 bits per heavy atom. The Bertz CT molecular complexity index is 1120. The lowest BCUT2D eigenvalue weighted by Crippen LogP contribution is -2.47. The fourth-order valence-electron chi connectivity index (χ4n) is 3.76. The quantitative estimate of drug-likeness (QED) is 0.188. The van der Waals surface area contributed by atoms with E-state index in [4.69, 9.17) is 9.16 Å². The molecule has 0 saturated heterocycles. The van der Waals surface area contributed by atoms with E-state index in [0.29, 0.717) is 24.4 Å². The van der Waals surface area contributed by atoms with E-state index in [9.17, 15) is 9.59 Å². The van der Waals surface area contributed by atoms with E-state index in [0.717, 1.165) is 22.2 Å². The molecule has 3 rings (SSSR count). The summed E-state index contributed by atoms with van der Waals surface area (Å²) in [5.41, 5.74) is 1.23. The highest BCUT2D eigenvalue weighted by Gasteiger charge is 2.39. The van der Waals surface area contributed by atoms with Gasteiger partial charge in [-0.3, -0.25) is 9.80 Å². The number of rotatable bonds is 11. The predicted octanol–water partition coefficient (Wildman–Crippen LogP) is 7.72. The molecule has 1 atom stereocenters. The number of thiophene rings is 1. The minimum atomic E-state index is -1.99. The molecule has 0 radical (unpaired) electrons. The number of esters is 1. The molecule has 0 spiro atoms. The maximum Gasteiger partial charge on any atom is 0.348 e. The summed E-state index contributed by atoms with van der Waals surface area (Å²) >= 11 is 6.20. The Balaban J connectivity index is 1.70. The van der Waals surface area contributed by atoms with Crippen LogP contribution in [-0.2, 0) is 22.0 Å². The lowest BCUT2D eigenvalue weighted by molar-refractivity contribution is 0.0566. The average Bonchev–Trinajstić information content (AvgIpc) is 3.29. The van der Waals surface area contributed by atoms with Crippen molar-refractivity contribution in [2.45, 2.75) is 64.3 Å². The highest BCUT2D eigenvalue weighted by Crippen LogP contribution is 2.38. The van der Waals surface area contributed by atoms with Gasteiger partial charge in [-0.15, -0.1) is 11.3 Å². The summed E-state index contributed by atoms with van der Waals surface area (Å²) in [6.07, 6.45) is 4.29. The number of methoxy groups -OCH3 is 1. The zero-order valence-corrected chi connectivity index (χ0v) is 26.7. The fraction of sp³-hybridized carbons (Fsp3) is 0.481. The molecule has 1 aliphatic rings. The van der Waals surface area contributed by atoms with Gasteiger partial charge in [0.1, 0.15) is 4.88 Å². The zero-order valence-electron chi connectivity index (χ0n) is 22.5. The second kappa shape index (κ2) is 13.0. The third-order valence-electron chi connectivity index (χ3n) is 6.84. The van der Waals surface area contributed by atoms with Crippen molar-refractivity contribution >= 4 is 58.6 Å². The van der Waals surface area contributed by atoms with E-state index in [-0.39, 0.29) is 22.4 Å². The third kappa shape index (κ3) is 8.45. The van der Waals surface area contributed by atoms with Crippen LogP contribution < -0.4 is 0 Å². The molecule has 10 heteroatoms. The third-order valence-corrected chi connectivity index (χ3v) is 13.7. The molecule has 37 heavy (non-hydrogen) atoms. The maximum atomic E-state index is 12.8. The van der Waals surface area contributed by atoms with Crippen molar-refractivity contribution in [3.8, 4) is 0 Å². The number of amides is 1. The standard InChI is InChI=1S/C27H37BrN2O4S2Si/c1-27(2,3)37(5,6)34-22(19-20-8-7-9-21(28)18-20)12-14-29-16-17-35-26(32)30(29)15-13-23-10-11-24(36-23)25(31)33-4/h7-11,16-18,22H,12-15,19H2,1-6H3. The van der Waals surface area contributed by atoms with Crippen LogP contribution in [0.15, 0.2) is 52.5 Å². The van der Waals surface area contributed by atoms with E-state index in [1.54, 1.807) is 11.1 Å². The number of halogens is 1. The molecule has 6 nitrogen and oxygen atoms in total. The summed E-state index contributed by atoms with van der Waals surface area (Å²) in [6, 6.07) is 12.1. The van der Waals surface area contributed by atoms with Crippen molar-refractivity contribution in [3.63, 3.8) is 0 Å². The zero-order chi connectivity index (χ0) is 27.2. The first-order valence-corrected chi connectivity index (χ1v) is 17.8. The van der Waals surface area contributed by atoms with E-state index < -0.39 is 8.32 Å². The second-order valence-corrected chi connectivity index (χ2v) is 18.3. The van der Waals surface area contributed by atoms with Crippen LogP contribution in [-0.4, -0.2) is 55.8 Å². The Morgan fingerprint density at radius 1 is 1.16 bits per heavy atom. The van der Waals surface area contributed by atoms with Gasteiger partial charge in [0.05, 0.1) is 13.2 Å². The Labute approximate surface area is 238 Å². The molecule has 0 saturated carbocycles. The number of benzene rings is 1. The monoisotopic (exact) mass is 624 g/mol. The topological polar surface area (TPSA) is 59.1 Å². The number of ether oxygens (including phenoxy) is 1. The van der Waals surface area contributed by atoms with Crippen molar-refractivity contribution in [3.05, 3.63) is 67.8 Å². The van der Waals surface area contributed by atoms with E-state index in [1.807, 2.05) is 28.7 Å². The molecule has 1 unspecified atom stereocenters. The molecule has 1 aliphatic heterocycles. The fourth-order valence-corrected chi connectivity index (χ4v) is 7.14. The molecule has 1 aromatic carbocycles. The largest absolute Gasteiger partial charge is 0.465 e. The van der Waals surface area contributed by atoms with Gasteiger partial charge in [-0.05, 0) is 78.0 Å². The summed E-state index contributed by atoms with van der Waals surface area (Å²) in [5.74, 6) is -0.330. The first-order valence-electron chi connectivity index (χ1n) is 12.4. The minimum Gasteiger partial charge on any atom is -0.465 e. The van der Waals surface area contributed by atoms with Gasteiger partial charge >= 0.3 is 11.2 Å². The van der Waals surface area contributed by atoms with Gasteiger partial charge in [0.25, 0.3) is 0 Å². The van der Waals surface area contributed by atoms with Crippen LogP contribution in [0.5, 0.6) is 0 Å². The number of carbonyl (C=O) groups is 2. The van der Waals surface area contributed by atoms with Gasteiger partial charge in [-0.2, -0.15) is 0 Å². The predicted molar refractivity (Wildman–Crippen MR) is 159 cm³/mol. The Kier molecular flexibility index (Phi) is 10.5. The van der Waals surface area contributed by atoms with Gasteiger partial charge in [0.2, 0.25) is 0 Å². The van der Waals surface area contributed by atoms with E-state index >= 15 is 0 Å². The average molecular weight is 626 g/mol. The van der Waals surface area contributed by atoms with Crippen molar-refractivity contribution in [2.24, 2.45) is 0 Å². The molecule has 1 amide bonds. The Hall–Kier alpha value is -1.59. The van der Waals surface area contributed by atoms with Gasteiger partial charge in [-0.1, -0.05) is 48.8 Å². The minimum absolute atomic E-state index is 0.00102. The van der Waals surface area contributed by atoms with Gasteiger partial charge in [-0.25, -0.2) is 9.80 Å². The number of hydrogen-bond acceptors (Lipinski definition) is 7. The highest BCUT2D eigenvalue weighted by molar-refractivity contribution is 9.10. The molecule has 0 bridgehead atoms. The number of nitrogens with zero attached hydrogens (tertiary/aromatic N) is 2. The molecule has 0 aliphatic carbocycles. The number of hydrazine groups is 1. The van der Waals surface area contributed by atoms with Crippen LogP contribution in [0, 0.1) is 0 Å². The van der Waals surface area contributed by atoms with Gasteiger partial charge < -0.3 is 9.16 Å². The summed E-state index contributed by atoms with van der Waals surface area (Å²) in [6.45, 7) is 12.6. The van der Waals surface area contributed by atoms with E-state index in [1.165, 1.54) is 35.8 Å². The van der Waals surface area contributed by atoms with E-state index in [2.05, 4.69) is 68.0 Å². The molecular formula is C27H37BrN2O4S2Si. The molecule has 1 aromatic heterocycles. The van der Waals surface area contributed by atoms with Gasteiger partial charge in [0.15, 0.2) is 8.32 Å². The molecule has 2 heterocycles. The lowest BCUT2D eigenvalue weighted by atomic mass is 10.1. The normalized spacial score (nSPS) is 15.3. The molecule has 202 valence electrons. The lowest BCUT2D eigenvalue weighted by Gasteiger charge is -2.41. The van der Waals surface area contributed by atoms with Crippen molar-refractivity contribution in [1.82, 2.24) is 10.0 Å². The molecule has 0 N–H and O–H groups in total. The van der Waals surface area contributed by atoms with Crippen molar-refractivity contribution in [1.29, 1.82) is 0 Å². The van der Waals surface area contributed by atoms with Crippen LogP contribution in [0.4, 0.5) is 4.79 Å². The second-order valence-electron chi connectivity index (χ2n) is 10.6. The maximum absolute atomic E-state index is 12.8. The summed E-state index contributed by atoms with van der Waals surface area (Å²) in [5, 5.41) is 5.76. The SMILES string of the molecule is COC(=O)c1ccc(CCN2C(=O)SC=CN2CCC(Cc2cccc(Br)c2)O[Si](C)(C)C(C)(C)C)s1. The highest BCUT2D eigenvalue weighted by atomic mass is 79.9. The van der Waals surface area contributed by atoms with Crippen LogP contribution >= 0.6 is 39.0 Å². The molecular weight excluding hydrogens is 588 g/mol. The summed E-state index contributed by atoms with van der Waals surface area (Å²) in [4.78, 5) is 26.2. The Morgan fingerprint density at radius 2 is 1.92 bits per heavy atom. The number of thioether (sulfide) groups is 1. The van der Waals surface area contributed by atoms with Crippen molar-refractivity contribution in [2.75, 3.05) is 20.2 Å². The van der Waals surface area contributed by atoms with Crippen LogP contribution in [0.25, 0.3) is 0 Å². The number of hydrogen-bond donors (Lipinski definition) is 0. The van der Waals surface area contributed by atoms with Crippen LogP contribution in [0.1, 0.15) is 47.3 Å². The summed E-state index contributed by atoms with van der Waals surface area (Å²) < 4.78 is 12.8. The van der Waals surface area contributed by atoms with Gasteiger partial charge in [0, 0.05) is 35.1 Å². The molecule has 0 fully saturated rings. The van der Waals surface area contributed by atoms with Crippen LogP contribution in [0.2, 0.25) is 18.1 Å². The smallest absolute Gasteiger partial charge is 0.348 e.